The van der Waals surface area contributed by atoms with Gasteiger partial charge in [0.2, 0.25) is 5.91 Å². The molecule has 1 aliphatic carbocycles. The number of carbonyl (C=O) groups excluding carboxylic acids is 3. The molecule has 0 bridgehead atoms. The Bertz CT molecular complexity index is 718. The Hall–Kier alpha value is -2.36. The van der Waals surface area contributed by atoms with Gasteiger partial charge in [-0.1, -0.05) is 53.4 Å². The standard InChI is InChI=1S/C25H43N3O7/c1-5-7-19-20(8-6-2)21(19)16-35-25(33)26-10-9-22(29)28-12-11-27(14-23(30)31)18(13-28)15-34-24(32)17(3)4/h17-21H,5-16H2,1-4H3,(H,26,33)(H,30,31)/t18?,19-,20+,21?. The molecule has 0 aromatic heterocycles. The van der Waals surface area contributed by atoms with Crippen LogP contribution in [0.3, 0.4) is 0 Å². The second-order valence-electron chi connectivity index (χ2n) is 9.99. The first kappa shape index (κ1) is 28.9. The number of ether oxygens (including phenoxy) is 2. The number of aliphatic carboxylic acids is 1. The van der Waals surface area contributed by atoms with Crippen LogP contribution in [-0.2, 0) is 23.9 Å². The largest absolute Gasteiger partial charge is 0.480 e. The van der Waals surface area contributed by atoms with Gasteiger partial charge in [-0.15, -0.1) is 0 Å². The summed E-state index contributed by atoms with van der Waals surface area (Å²) < 4.78 is 10.7. The molecule has 2 unspecified atom stereocenters. The highest BCUT2D eigenvalue weighted by Crippen LogP contribution is 2.51. The number of esters is 1. The molecule has 2 rings (SSSR count). The zero-order valence-electron chi connectivity index (χ0n) is 21.7. The molecule has 0 aromatic carbocycles. The highest BCUT2D eigenvalue weighted by atomic mass is 16.5. The van der Waals surface area contributed by atoms with Crippen LogP contribution >= 0.6 is 0 Å². The topological polar surface area (TPSA) is 125 Å². The molecule has 1 aliphatic heterocycles. The van der Waals surface area contributed by atoms with Crippen molar-refractivity contribution in [3.8, 4) is 0 Å². The van der Waals surface area contributed by atoms with Crippen LogP contribution in [0.25, 0.3) is 0 Å². The quantitative estimate of drug-likeness (QED) is 0.350. The third-order valence-corrected chi connectivity index (χ3v) is 6.95. The summed E-state index contributed by atoms with van der Waals surface area (Å²) in [6, 6.07) is -0.393. The molecule has 35 heavy (non-hydrogen) atoms. The number of alkyl carbamates (subject to hydrolysis) is 1. The number of rotatable bonds is 14. The van der Waals surface area contributed by atoms with Crippen LogP contribution in [0, 0.1) is 23.7 Å². The fraction of sp³-hybridized carbons (Fsp3) is 0.840. The Labute approximate surface area is 208 Å². The molecule has 0 spiro atoms. The molecule has 1 saturated heterocycles. The Morgan fingerprint density at radius 2 is 1.63 bits per heavy atom. The summed E-state index contributed by atoms with van der Waals surface area (Å²) in [7, 11) is 0. The van der Waals surface area contributed by atoms with Gasteiger partial charge < -0.3 is 24.8 Å². The predicted molar refractivity (Wildman–Crippen MR) is 130 cm³/mol. The lowest BCUT2D eigenvalue weighted by Gasteiger charge is -2.40. The van der Waals surface area contributed by atoms with Crippen molar-refractivity contribution in [3.63, 3.8) is 0 Å². The fourth-order valence-corrected chi connectivity index (χ4v) is 4.95. The van der Waals surface area contributed by atoms with Crippen molar-refractivity contribution in [2.45, 2.75) is 65.8 Å². The average Bonchev–Trinajstić information content (AvgIpc) is 3.46. The Morgan fingerprint density at radius 1 is 0.971 bits per heavy atom. The van der Waals surface area contributed by atoms with Crippen LogP contribution in [0.4, 0.5) is 4.79 Å². The maximum atomic E-state index is 12.7. The third kappa shape index (κ3) is 9.31. The summed E-state index contributed by atoms with van der Waals surface area (Å²) in [4.78, 5) is 51.2. The summed E-state index contributed by atoms with van der Waals surface area (Å²) in [5.74, 6) is -0.00540. The number of hydrogen-bond acceptors (Lipinski definition) is 7. The normalized spacial score (nSPS) is 24.2. The molecule has 4 atom stereocenters. The lowest BCUT2D eigenvalue weighted by Crippen LogP contribution is -2.57. The second kappa shape index (κ2) is 14.3. The smallest absolute Gasteiger partial charge is 0.407 e. The molecule has 2 fully saturated rings. The van der Waals surface area contributed by atoms with Gasteiger partial charge in [0.05, 0.1) is 25.1 Å². The number of nitrogens with one attached hydrogen (secondary N) is 1. The van der Waals surface area contributed by atoms with Crippen LogP contribution in [-0.4, -0.2) is 90.8 Å². The predicted octanol–water partition coefficient (Wildman–Crippen LogP) is 2.36. The zero-order valence-corrected chi connectivity index (χ0v) is 21.7. The summed E-state index contributed by atoms with van der Waals surface area (Å²) in [5, 5.41) is 11.8. The molecule has 10 nitrogen and oxygen atoms in total. The van der Waals surface area contributed by atoms with Crippen LogP contribution in [0.15, 0.2) is 0 Å². The van der Waals surface area contributed by atoms with Crippen molar-refractivity contribution in [2.24, 2.45) is 23.7 Å². The summed E-state index contributed by atoms with van der Waals surface area (Å²) >= 11 is 0. The lowest BCUT2D eigenvalue weighted by molar-refractivity contribution is -0.151. The summed E-state index contributed by atoms with van der Waals surface area (Å²) in [6.07, 6.45) is 4.24. The van der Waals surface area contributed by atoms with Crippen molar-refractivity contribution >= 4 is 23.9 Å². The van der Waals surface area contributed by atoms with Crippen LogP contribution in [0.1, 0.15) is 59.8 Å². The summed E-state index contributed by atoms with van der Waals surface area (Å²) in [5.41, 5.74) is 0. The van der Waals surface area contributed by atoms with Gasteiger partial charge in [-0.2, -0.15) is 0 Å². The van der Waals surface area contributed by atoms with Crippen molar-refractivity contribution in [2.75, 3.05) is 45.9 Å². The van der Waals surface area contributed by atoms with E-state index in [4.69, 9.17) is 9.47 Å². The zero-order chi connectivity index (χ0) is 26.0. The summed E-state index contributed by atoms with van der Waals surface area (Å²) in [6.45, 7) is 9.26. The van der Waals surface area contributed by atoms with Gasteiger partial charge in [-0.05, 0) is 17.8 Å². The molecule has 200 valence electrons. The SMILES string of the molecule is CCC[C@@H]1C(COC(=O)NCCC(=O)N2CCN(CC(=O)O)C(COC(=O)C(C)C)C2)[C@@H]1CCC. The van der Waals surface area contributed by atoms with Gasteiger partial charge in [-0.3, -0.25) is 19.3 Å². The number of carboxylic acids is 1. The first-order valence-corrected chi connectivity index (χ1v) is 13.0. The Morgan fingerprint density at radius 3 is 2.20 bits per heavy atom. The monoisotopic (exact) mass is 497 g/mol. The number of nitrogens with zero attached hydrogens (tertiary/aromatic N) is 2. The van der Waals surface area contributed by atoms with Crippen LogP contribution < -0.4 is 5.32 Å². The number of amides is 2. The van der Waals surface area contributed by atoms with E-state index in [1.165, 1.54) is 12.8 Å². The van der Waals surface area contributed by atoms with Crippen molar-refractivity contribution < 1.29 is 33.8 Å². The van der Waals surface area contributed by atoms with Crippen LogP contribution in [0.5, 0.6) is 0 Å². The van der Waals surface area contributed by atoms with Gasteiger partial charge >= 0.3 is 18.0 Å². The molecular weight excluding hydrogens is 454 g/mol. The Kier molecular flexibility index (Phi) is 11.8. The molecule has 2 amide bonds. The number of carbonyl (C=O) groups is 4. The van der Waals surface area contributed by atoms with E-state index in [0.29, 0.717) is 37.5 Å². The minimum Gasteiger partial charge on any atom is -0.480 e. The first-order valence-electron chi connectivity index (χ1n) is 13.0. The van der Waals surface area contributed by atoms with Gasteiger partial charge in [0.15, 0.2) is 0 Å². The van der Waals surface area contributed by atoms with Crippen LogP contribution in [0.2, 0.25) is 0 Å². The molecule has 0 aromatic rings. The van der Waals surface area contributed by atoms with E-state index >= 15 is 0 Å². The van der Waals surface area contributed by atoms with Gasteiger partial charge in [0, 0.05) is 32.6 Å². The number of hydrogen-bond donors (Lipinski definition) is 2. The molecule has 0 radical (unpaired) electrons. The molecular formula is C25H43N3O7. The fourth-order valence-electron chi connectivity index (χ4n) is 4.95. The lowest BCUT2D eigenvalue weighted by atomic mass is 10.1. The van der Waals surface area contributed by atoms with Gasteiger partial charge in [-0.25, -0.2) is 4.79 Å². The minimum atomic E-state index is -0.971. The van der Waals surface area contributed by atoms with Crippen molar-refractivity contribution in [3.05, 3.63) is 0 Å². The first-order chi connectivity index (χ1) is 16.7. The maximum absolute atomic E-state index is 12.7. The third-order valence-electron chi connectivity index (χ3n) is 6.95. The maximum Gasteiger partial charge on any atom is 0.407 e. The molecule has 2 N–H and O–H groups in total. The molecule has 1 heterocycles. The molecule has 1 saturated carbocycles. The van der Waals surface area contributed by atoms with E-state index in [-0.39, 0.29) is 50.5 Å². The second-order valence-corrected chi connectivity index (χ2v) is 9.99. The molecule has 2 aliphatic rings. The van der Waals surface area contributed by atoms with E-state index in [1.807, 2.05) is 0 Å². The van der Waals surface area contributed by atoms with E-state index in [1.54, 1.807) is 23.6 Å². The van der Waals surface area contributed by atoms with E-state index in [2.05, 4.69) is 19.2 Å². The highest BCUT2D eigenvalue weighted by Gasteiger charge is 2.48. The van der Waals surface area contributed by atoms with Crippen molar-refractivity contribution in [1.29, 1.82) is 0 Å². The molecule has 10 heteroatoms. The van der Waals surface area contributed by atoms with E-state index in [9.17, 15) is 24.3 Å². The van der Waals surface area contributed by atoms with Crippen molar-refractivity contribution in [1.82, 2.24) is 15.1 Å². The minimum absolute atomic E-state index is 0.0257. The Balaban J connectivity index is 1.74. The van der Waals surface area contributed by atoms with Gasteiger partial charge in [0.1, 0.15) is 6.61 Å². The van der Waals surface area contributed by atoms with E-state index < -0.39 is 18.1 Å². The van der Waals surface area contributed by atoms with Gasteiger partial charge in [0.25, 0.3) is 0 Å². The number of piperazine rings is 1. The number of carboxylic acid groups (broad SMARTS) is 1. The van der Waals surface area contributed by atoms with E-state index in [0.717, 1.165) is 12.8 Å². The highest BCUT2D eigenvalue weighted by molar-refractivity contribution is 5.77. The average molecular weight is 498 g/mol.